The number of hydrogen-bond donors (Lipinski definition) is 2. The first-order chi connectivity index (χ1) is 6.57. The molecule has 0 aliphatic carbocycles. The maximum atomic E-state index is 11.4. The second kappa shape index (κ2) is 3.95. The SMILES string of the molecule is C=C1CCC(C(=O)O)N1C(=O)/C=C\N. The van der Waals surface area contributed by atoms with Crippen molar-refractivity contribution in [3.63, 3.8) is 0 Å². The molecule has 0 saturated carbocycles. The molecule has 76 valence electrons. The smallest absolute Gasteiger partial charge is 0.326 e. The van der Waals surface area contributed by atoms with Gasteiger partial charge in [0.15, 0.2) is 0 Å². The third-order valence-corrected chi connectivity index (χ3v) is 2.12. The fourth-order valence-electron chi connectivity index (χ4n) is 1.48. The van der Waals surface area contributed by atoms with Crippen LogP contribution in [0.25, 0.3) is 0 Å². The molecule has 1 rings (SSSR count). The van der Waals surface area contributed by atoms with E-state index in [1.807, 2.05) is 0 Å². The van der Waals surface area contributed by atoms with Gasteiger partial charge in [0.2, 0.25) is 0 Å². The van der Waals surface area contributed by atoms with Gasteiger partial charge in [0.25, 0.3) is 5.91 Å². The van der Waals surface area contributed by atoms with Crippen LogP contribution in [0.3, 0.4) is 0 Å². The normalized spacial score (nSPS) is 21.9. The molecule has 1 fully saturated rings. The lowest BCUT2D eigenvalue weighted by atomic mass is 10.2. The van der Waals surface area contributed by atoms with Crippen molar-refractivity contribution in [1.82, 2.24) is 4.90 Å². The van der Waals surface area contributed by atoms with Crippen LogP contribution in [0.1, 0.15) is 12.8 Å². The second-order valence-corrected chi connectivity index (χ2v) is 3.03. The third-order valence-electron chi connectivity index (χ3n) is 2.12. The zero-order valence-electron chi connectivity index (χ0n) is 7.64. The molecular formula is C9H12N2O3. The van der Waals surface area contributed by atoms with Gasteiger partial charge in [-0.05, 0) is 19.0 Å². The van der Waals surface area contributed by atoms with Crippen molar-refractivity contribution in [1.29, 1.82) is 0 Å². The maximum absolute atomic E-state index is 11.4. The highest BCUT2D eigenvalue weighted by molar-refractivity contribution is 5.93. The number of nitrogens with zero attached hydrogens (tertiary/aromatic N) is 1. The van der Waals surface area contributed by atoms with Gasteiger partial charge in [-0.1, -0.05) is 6.58 Å². The summed E-state index contributed by atoms with van der Waals surface area (Å²) in [5.74, 6) is -1.44. The van der Waals surface area contributed by atoms with E-state index < -0.39 is 17.9 Å². The van der Waals surface area contributed by atoms with Crippen LogP contribution in [0.4, 0.5) is 0 Å². The summed E-state index contributed by atoms with van der Waals surface area (Å²) in [5, 5.41) is 8.83. The van der Waals surface area contributed by atoms with E-state index in [1.165, 1.54) is 4.90 Å². The summed E-state index contributed by atoms with van der Waals surface area (Å²) in [7, 11) is 0. The van der Waals surface area contributed by atoms with E-state index in [9.17, 15) is 9.59 Å². The first-order valence-corrected chi connectivity index (χ1v) is 4.20. The number of amides is 1. The number of carboxylic acids is 1. The minimum absolute atomic E-state index is 0.415. The molecule has 3 N–H and O–H groups in total. The van der Waals surface area contributed by atoms with Gasteiger partial charge in [-0.2, -0.15) is 0 Å². The molecule has 0 bridgehead atoms. The molecule has 14 heavy (non-hydrogen) atoms. The Morgan fingerprint density at radius 1 is 1.64 bits per heavy atom. The number of carboxylic acid groups (broad SMARTS) is 1. The van der Waals surface area contributed by atoms with Gasteiger partial charge in [-0.25, -0.2) is 4.79 Å². The first kappa shape index (κ1) is 10.3. The van der Waals surface area contributed by atoms with Crippen molar-refractivity contribution in [2.75, 3.05) is 0 Å². The average molecular weight is 196 g/mol. The minimum atomic E-state index is -1.01. The highest BCUT2D eigenvalue weighted by Crippen LogP contribution is 2.26. The number of carbonyl (C=O) groups excluding carboxylic acids is 1. The van der Waals surface area contributed by atoms with E-state index >= 15 is 0 Å². The zero-order chi connectivity index (χ0) is 10.7. The highest BCUT2D eigenvalue weighted by atomic mass is 16.4. The summed E-state index contributed by atoms with van der Waals surface area (Å²) in [6.07, 6.45) is 3.17. The number of rotatable bonds is 2. The molecular weight excluding hydrogens is 184 g/mol. The van der Waals surface area contributed by atoms with Gasteiger partial charge in [-0.3, -0.25) is 9.69 Å². The van der Waals surface area contributed by atoms with E-state index in [-0.39, 0.29) is 0 Å². The lowest BCUT2D eigenvalue weighted by molar-refractivity contribution is -0.145. The molecule has 1 amide bonds. The molecule has 1 aliphatic rings. The molecule has 0 radical (unpaired) electrons. The predicted molar refractivity (Wildman–Crippen MR) is 50.0 cm³/mol. The monoisotopic (exact) mass is 196 g/mol. The highest BCUT2D eigenvalue weighted by Gasteiger charge is 2.35. The molecule has 5 nitrogen and oxygen atoms in total. The Kier molecular flexibility index (Phi) is 2.91. The van der Waals surface area contributed by atoms with Crippen molar-refractivity contribution >= 4 is 11.9 Å². The number of hydrogen-bond acceptors (Lipinski definition) is 3. The second-order valence-electron chi connectivity index (χ2n) is 3.03. The summed E-state index contributed by atoms with van der Waals surface area (Å²) in [4.78, 5) is 23.4. The Labute approximate surface area is 81.5 Å². The van der Waals surface area contributed by atoms with Gasteiger partial charge in [-0.15, -0.1) is 0 Å². The average Bonchev–Trinajstić information content (AvgIpc) is 2.47. The quantitative estimate of drug-likeness (QED) is 0.611. The summed E-state index contributed by atoms with van der Waals surface area (Å²) in [6.45, 7) is 3.64. The number of nitrogens with two attached hydrogens (primary N) is 1. The molecule has 0 spiro atoms. The van der Waals surface area contributed by atoms with Crippen LogP contribution in [0.15, 0.2) is 24.6 Å². The maximum Gasteiger partial charge on any atom is 0.326 e. The Balaban J connectivity index is 2.87. The number of carbonyl (C=O) groups is 2. The molecule has 0 aromatic heterocycles. The van der Waals surface area contributed by atoms with E-state index in [0.717, 1.165) is 12.3 Å². The summed E-state index contributed by atoms with van der Waals surface area (Å²) < 4.78 is 0. The Hall–Kier alpha value is -1.78. The predicted octanol–water partition coefficient (Wildman–Crippen LogP) is 0.0481. The zero-order valence-corrected chi connectivity index (χ0v) is 7.64. The van der Waals surface area contributed by atoms with E-state index in [4.69, 9.17) is 10.8 Å². The lowest BCUT2D eigenvalue weighted by Gasteiger charge is -2.20. The number of allylic oxidation sites excluding steroid dienone is 1. The van der Waals surface area contributed by atoms with E-state index in [0.29, 0.717) is 18.5 Å². The standard InChI is InChI=1S/C9H12N2O3/c1-6-2-3-7(9(13)14)11(6)8(12)4-5-10/h4-5,7H,1-3,10H2,(H,13,14)/b5-4-. The van der Waals surface area contributed by atoms with Gasteiger partial charge >= 0.3 is 5.97 Å². The molecule has 0 aromatic rings. The number of likely N-dealkylation sites (tertiary alicyclic amines) is 1. The topological polar surface area (TPSA) is 83.6 Å². The van der Waals surface area contributed by atoms with Gasteiger partial charge in [0, 0.05) is 11.8 Å². The molecule has 5 heteroatoms. The van der Waals surface area contributed by atoms with Crippen LogP contribution in [-0.2, 0) is 9.59 Å². The van der Waals surface area contributed by atoms with Crippen LogP contribution >= 0.6 is 0 Å². The minimum Gasteiger partial charge on any atom is -0.480 e. The summed E-state index contributed by atoms with van der Waals surface area (Å²) in [5.41, 5.74) is 5.59. The fourth-order valence-corrected chi connectivity index (χ4v) is 1.48. The van der Waals surface area contributed by atoms with Crippen molar-refractivity contribution in [3.05, 3.63) is 24.6 Å². The Bertz CT molecular complexity index is 309. The van der Waals surface area contributed by atoms with Crippen molar-refractivity contribution in [2.24, 2.45) is 5.73 Å². The van der Waals surface area contributed by atoms with Crippen molar-refractivity contribution in [2.45, 2.75) is 18.9 Å². The fraction of sp³-hybridized carbons (Fsp3) is 0.333. The van der Waals surface area contributed by atoms with Gasteiger partial charge in [0.05, 0.1) is 0 Å². The van der Waals surface area contributed by atoms with Crippen molar-refractivity contribution < 1.29 is 14.7 Å². The largest absolute Gasteiger partial charge is 0.480 e. The summed E-state index contributed by atoms with van der Waals surface area (Å²) in [6, 6.07) is -0.800. The summed E-state index contributed by atoms with van der Waals surface area (Å²) >= 11 is 0. The molecule has 1 aliphatic heterocycles. The molecule has 1 saturated heterocycles. The van der Waals surface area contributed by atoms with Gasteiger partial charge < -0.3 is 10.8 Å². The lowest BCUT2D eigenvalue weighted by Crippen LogP contribution is -2.38. The molecule has 0 aromatic carbocycles. The van der Waals surface area contributed by atoms with E-state index in [2.05, 4.69) is 6.58 Å². The van der Waals surface area contributed by atoms with E-state index in [1.54, 1.807) is 0 Å². The van der Waals surface area contributed by atoms with Crippen LogP contribution in [0.2, 0.25) is 0 Å². The van der Waals surface area contributed by atoms with Crippen LogP contribution in [0, 0.1) is 0 Å². The molecule has 1 atom stereocenters. The molecule has 1 heterocycles. The Morgan fingerprint density at radius 3 is 2.79 bits per heavy atom. The van der Waals surface area contributed by atoms with Crippen LogP contribution in [-0.4, -0.2) is 27.9 Å². The Morgan fingerprint density at radius 2 is 2.29 bits per heavy atom. The van der Waals surface area contributed by atoms with Crippen LogP contribution < -0.4 is 5.73 Å². The van der Waals surface area contributed by atoms with Crippen LogP contribution in [0.5, 0.6) is 0 Å². The first-order valence-electron chi connectivity index (χ1n) is 4.20. The molecule has 1 unspecified atom stereocenters. The van der Waals surface area contributed by atoms with Gasteiger partial charge in [0.1, 0.15) is 6.04 Å². The third kappa shape index (κ3) is 1.76. The van der Waals surface area contributed by atoms with Crippen molar-refractivity contribution in [3.8, 4) is 0 Å². The number of aliphatic carboxylic acids is 1.